The highest BCUT2D eigenvalue weighted by Crippen LogP contribution is 2.34. The van der Waals surface area contributed by atoms with Gasteiger partial charge in [0.2, 0.25) is 0 Å². The lowest BCUT2D eigenvalue weighted by Gasteiger charge is -2.12. The zero-order valence-corrected chi connectivity index (χ0v) is 10.1. The van der Waals surface area contributed by atoms with Crippen LogP contribution >= 0.6 is 15.9 Å². The summed E-state index contributed by atoms with van der Waals surface area (Å²) in [5.41, 5.74) is 1.21. The van der Waals surface area contributed by atoms with Gasteiger partial charge in [-0.15, -0.1) is 0 Å². The fourth-order valence-electron chi connectivity index (χ4n) is 1.94. The van der Waals surface area contributed by atoms with E-state index in [0.717, 1.165) is 16.5 Å². The highest BCUT2D eigenvalue weighted by Gasteiger charge is 2.18. The third-order valence-corrected chi connectivity index (χ3v) is 3.29. The Balaban J connectivity index is 1.99. The summed E-state index contributed by atoms with van der Waals surface area (Å²) >= 11 is 3.35. The maximum absolute atomic E-state index is 5.66. The molecule has 1 unspecified atom stereocenters. The molecule has 1 aliphatic rings. The minimum Gasteiger partial charge on any atom is -0.479 e. The first kappa shape index (κ1) is 9.85. The molecule has 0 bridgehead atoms. The highest BCUT2D eigenvalue weighted by molar-refractivity contribution is 9.11. The Labute approximate surface area is 102 Å². The molecule has 1 aromatic carbocycles. The average Bonchev–Trinajstić information content (AvgIpc) is 2.75. The molecule has 0 fully saturated rings. The van der Waals surface area contributed by atoms with Crippen molar-refractivity contribution in [2.45, 2.75) is 12.5 Å². The molecule has 1 atom stereocenters. The van der Waals surface area contributed by atoms with Crippen molar-refractivity contribution in [3.8, 4) is 0 Å². The normalized spacial score (nSPS) is 19.6. The van der Waals surface area contributed by atoms with E-state index in [1.807, 2.05) is 18.5 Å². The Morgan fingerprint density at radius 1 is 1.25 bits per heavy atom. The van der Waals surface area contributed by atoms with Crippen molar-refractivity contribution in [1.29, 1.82) is 0 Å². The van der Waals surface area contributed by atoms with Crippen LogP contribution in [0.5, 0.6) is 0 Å². The minimum atomic E-state index is 0.145. The van der Waals surface area contributed by atoms with Crippen LogP contribution in [0.1, 0.15) is 18.1 Å². The quantitative estimate of drug-likeness (QED) is 0.787. The molecular formula is C13H10BrNO. The van der Waals surface area contributed by atoms with Crippen LogP contribution in [-0.4, -0.2) is 4.98 Å². The summed E-state index contributed by atoms with van der Waals surface area (Å²) in [6, 6.07) is 8.39. The monoisotopic (exact) mass is 275 g/mol. The molecule has 0 amide bonds. The zero-order chi connectivity index (χ0) is 11.0. The van der Waals surface area contributed by atoms with Crippen LogP contribution in [0.15, 0.2) is 47.4 Å². The zero-order valence-electron chi connectivity index (χ0n) is 8.56. The van der Waals surface area contributed by atoms with Crippen molar-refractivity contribution in [3.63, 3.8) is 0 Å². The molecule has 0 N–H and O–H groups in total. The molecule has 0 saturated heterocycles. The second kappa shape index (κ2) is 3.91. The third-order valence-electron chi connectivity index (χ3n) is 2.78. The number of benzene rings is 1. The lowest BCUT2D eigenvalue weighted by molar-refractivity contribution is 0.167. The van der Waals surface area contributed by atoms with Gasteiger partial charge in [0.25, 0.3) is 0 Å². The molecule has 1 aliphatic heterocycles. The molecule has 0 spiro atoms. The predicted octanol–water partition coefficient (Wildman–Crippen LogP) is 3.93. The lowest BCUT2D eigenvalue weighted by atomic mass is 10.0. The van der Waals surface area contributed by atoms with E-state index < -0.39 is 0 Å². The SMILES string of the molecule is BrC1=CCC(c2ccc3cnccc3c2)O1. The number of rotatable bonds is 1. The smallest absolute Gasteiger partial charge is 0.159 e. The van der Waals surface area contributed by atoms with Crippen molar-refractivity contribution in [3.05, 3.63) is 53.0 Å². The molecule has 0 aliphatic carbocycles. The molecule has 3 heteroatoms. The van der Waals surface area contributed by atoms with Gasteiger partial charge in [-0.1, -0.05) is 12.1 Å². The topological polar surface area (TPSA) is 22.1 Å². The summed E-state index contributed by atoms with van der Waals surface area (Å²) in [4.78, 5) is 4.10. The number of halogens is 1. The van der Waals surface area contributed by atoms with E-state index in [1.165, 1.54) is 10.9 Å². The van der Waals surface area contributed by atoms with Gasteiger partial charge in [-0.05, 0) is 45.1 Å². The maximum Gasteiger partial charge on any atom is 0.159 e. The van der Waals surface area contributed by atoms with Gasteiger partial charge in [-0.3, -0.25) is 4.98 Å². The molecule has 1 aromatic heterocycles. The summed E-state index contributed by atoms with van der Waals surface area (Å²) in [6.07, 6.45) is 6.82. The molecule has 0 radical (unpaired) electrons. The number of fused-ring (bicyclic) bond motifs is 1. The van der Waals surface area contributed by atoms with Gasteiger partial charge in [-0.2, -0.15) is 0 Å². The number of hydrogen-bond donors (Lipinski definition) is 0. The van der Waals surface area contributed by atoms with Crippen LogP contribution in [0.3, 0.4) is 0 Å². The summed E-state index contributed by atoms with van der Waals surface area (Å²) in [7, 11) is 0. The van der Waals surface area contributed by atoms with Crippen LogP contribution < -0.4 is 0 Å². The summed E-state index contributed by atoms with van der Waals surface area (Å²) < 4.78 is 6.50. The fraction of sp³-hybridized carbons (Fsp3) is 0.154. The Morgan fingerprint density at radius 3 is 3.00 bits per heavy atom. The molecule has 80 valence electrons. The lowest BCUT2D eigenvalue weighted by Crippen LogP contribution is -1.95. The molecule has 2 nitrogen and oxygen atoms in total. The van der Waals surface area contributed by atoms with Crippen molar-refractivity contribution in [2.75, 3.05) is 0 Å². The number of ether oxygens (including phenoxy) is 1. The molecule has 3 rings (SSSR count). The standard InChI is InChI=1S/C13H10BrNO/c14-13-4-3-12(16-13)10-1-2-11-8-15-6-5-9(11)7-10/h1-2,4-8,12H,3H2. The minimum absolute atomic E-state index is 0.145. The molecule has 2 aromatic rings. The van der Waals surface area contributed by atoms with Gasteiger partial charge in [0.15, 0.2) is 4.67 Å². The highest BCUT2D eigenvalue weighted by atomic mass is 79.9. The number of nitrogens with zero attached hydrogens (tertiary/aromatic N) is 1. The van der Waals surface area contributed by atoms with E-state index in [4.69, 9.17) is 4.74 Å². The Morgan fingerprint density at radius 2 is 2.19 bits per heavy atom. The van der Waals surface area contributed by atoms with Crippen LogP contribution in [0.2, 0.25) is 0 Å². The van der Waals surface area contributed by atoms with Crippen LogP contribution in [0.4, 0.5) is 0 Å². The first-order valence-electron chi connectivity index (χ1n) is 5.19. The van der Waals surface area contributed by atoms with E-state index in [-0.39, 0.29) is 6.10 Å². The largest absolute Gasteiger partial charge is 0.479 e. The molecule has 0 saturated carbocycles. The Bertz CT molecular complexity index is 565. The average molecular weight is 276 g/mol. The van der Waals surface area contributed by atoms with E-state index >= 15 is 0 Å². The molecule has 2 heterocycles. The molecule has 16 heavy (non-hydrogen) atoms. The summed E-state index contributed by atoms with van der Waals surface area (Å²) in [5.74, 6) is 0. The number of hydrogen-bond acceptors (Lipinski definition) is 2. The van der Waals surface area contributed by atoms with E-state index in [2.05, 4.69) is 45.2 Å². The number of pyridine rings is 1. The van der Waals surface area contributed by atoms with Gasteiger partial charge in [0.1, 0.15) is 6.10 Å². The third kappa shape index (κ3) is 1.71. The maximum atomic E-state index is 5.66. The van der Waals surface area contributed by atoms with Gasteiger partial charge in [-0.25, -0.2) is 0 Å². The van der Waals surface area contributed by atoms with E-state index in [0.29, 0.717) is 0 Å². The second-order valence-corrected chi connectivity index (χ2v) is 4.61. The Kier molecular flexibility index (Phi) is 2.40. The van der Waals surface area contributed by atoms with Gasteiger partial charge in [0, 0.05) is 24.2 Å². The Hall–Kier alpha value is -1.35. The van der Waals surface area contributed by atoms with Crippen molar-refractivity contribution in [2.24, 2.45) is 0 Å². The van der Waals surface area contributed by atoms with Gasteiger partial charge < -0.3 is 4.74 Å². The van der Waals surface area contributed by atoms with Crippen LogP contribution in [-0.2, 0) is 4.74 Å². The molecular weight excluding hydrogens is 266 g/mol. The van der Waals surface area contributed by atoms with Gasteiger partial charge in [0.05, 0.1) is 0 Å². The van der Waals surface area contributed by atoms with Crippen molar-refractivity contribution >= 4 is 26.7 Å². The van der Waals surface area contributed by atoms with Crippen molar-refractivity contribution < 1.29 is 4.74 Å². The van der Waals surface area contributed by atoms with Crippen molar-refractivity contribution in [1.82, 2.24) is 4.98 Å². The first-order valence-corrected chi connectivity index (χ1v) is 5.98. The van der Waals surface area contributed by atoms with E-state index in [9.17, 15) is 0 Å². The number of aromatic nitrogens is 1. The fourth-order valence-corrected chi connectivity index (χ4v) is 2.35. The van der Waals surface area contributed by atoms with Gasteiger partial charge >= 0.3 is 0 Å². The van der Waals surface area contributed by atoms with E-state index in [1.54, 1.807) is 0 Å². The summed E-state index contributed by atoms with van der Waals surface area (Å²) in [6.45, 7) is 0. The van der Waals surface area contributed by atoms with Crippen LogP contribution in [0, 0.1) is 0 Å². The summed E-state index contributed by atoms with van der Waals surface area (Å²) in [5, 5.41) is 2.37. The predicted molar refractivity (Wildman–Crippen MR) is 67.2 cm³/mol. The second-order valence-electron chi connectivity index (χ2n) is 3.83. The first-order chi connectivity index (χ1) is 7.83. The van der Waals surface area contributed by atoms with Crippen LogP contribution in [0.25, 0.3) is 10.8 Å².